The van der Waals surface area contributed by atoms with E-state index < -0.39 is 0 Å². The molecule has 6 heterocycles. The van der Waals surface area contributed by atoms with Crippen LogP contribution in [-0.4, -0.2) is 33.7 Å². The van der Waals surface area contributed by atoms with Crippen molar-refractivity contribution in [3.05, 3.63) is 83.8 Å². The average Bonchev–Trinajstić information content (AvgIpc) is 3.55. The molecule has 4 nitrogen and oxygen atoms in total. The molecule has 0 amide bonds. The van der Waals surface area contributed by atoms with Crippen LogP contribution in [-0.2, 0) is 0 Å². The quantitative estimate of drug-likeness (QED) is 0.359. The standard InChI is InChI=1S/C22H14N4S2Se/c1-3-11-25-15(7-1)21(23-19(25)17-9-5-13-27-17)29-22-16-8-2-4-12-26(16)20(24-22)18-10-6-14-28-18/h1-14H. The van der Waals surface area contributed by atoms with Crippen molar-refractivity contribution in [2.75, 3.05) is 0 Å². The molecule has 0 N–H and O–H groups in total. The van der Waals surface area contributed by atoms with Crippen LogP contribution in [0.5, 0.6) is 0 Å². The zero-order valence-electron chi connectivity index (χ0n) is 15.1. The Hall–Kier alpha value is -2.70. The van der Waals surface area contributed by atoms with Crippen molar-refractivity contribution in [3.8, 4) is 21.4 Å². The van der Waals surface area contributed by atoms with Crippen molar-refractivity contribution >= 4 is 57.8 Å². The van der Waals surface area contributed by atoms with Gasteiger partial charge >= 0.3 is 182 Å². The number of imidazole rings is 2. The van der Waals surface area contributed by atoms with Gasteiger partial charge in [-0.2, -0.15) is 0 Å². The fourth-order valence-electron chi connectivity index (χ4n) is 3.42. The van der Waals surface area contributed by atoms with Gasteiger partial charge in [-0.05, 0) is 0 Å². The van der Waals surface area contributed by atoms with Crippen molar-refractivity contribution in [2.24, 2.45) is 0 Å². The van der Waals surface area contributed by atoms with Gasteiger partial charge in [-0.25, -0.2) is 0 Å². The van der Waals surface area contributed by atoms with Gasteiger partial charge in [0.05, 0.1) is 0 Å². The van der Waals surface area contributed by atoms with Crippen LogP contribution in [0.2, 0.25) is 0 Å². The first kappa shape index (κ1) is 17.2. The second-order valence-corrected chi connectivity index (χ2v) is 10.4. The van der Waals surface area contributed by atoms with Gasteiger partial charge in [-0.1, -0.05) is 0 Å². The second kappa shape index (κ2) is 6.97. The minimum absolute atomic E-state index is 0.00970. The maximum absolute atomic E-state index is 5.06. The third kappa shape index (κ3) is 2.86. The molecule has 0 aliphatic heterocycles. The summed E-state index contributed by atoms with van der Waals surface area (Å²) in [6, 6.07) is 21.0. The molecular weight excluding hydrogens is 463 g/mol. The van der Waals surface area contributed by atoms with Gasteiger partial charge in [0.15, 0.2) is 0 Å². The molecule has 29 heavy (non-hydrogen) atoms. The Morgan fingerprint density at radius 2 is 1.14 bits per heavy atom. The molecule has 0 atom stereocenters. The summed E-state index contributed by atoms with van der Waals surface area (Å²) < 4.78 is 6.62. The summed E-state index contributed by atoms with van der Waals surface area (Å²) in [6.07, 6.45) is 4.19. The van der Waals surface area contributed by atoms with Gasteiger partial charge in [0.25, 0.3) is 0 Å². The molecule has 7 heteroatoms. The molecule has 0 fully saturated rings. The summed E-state index contributed by atoms with van der Waals surface area (Å²) >= 11 is 3.43. The van der Waals surface area contributed by atoms with E-state index in [1.807, 2.05) is 0 Å². The van der Waals surface area contributed by atoms with Crippen LogP contribution in [0.15, 0.2) is 83.8 Å². The van der Waals surface area contributed by atoms with E-state index in [-0.39, 0.29) is 15.0 Å². The predicted molar refractivity (Wildman–Crippen MR) is 122 cm³/mol. The molecule has 0 bridgehead atoms. The molecular formula is C22H14N4S2Se. The number of hydrogen-bond donors (Lipinski definition) is 0. The minimum atomic E-state index is -0.00970. The summed E-state index contributed by atoms with van der Waals surface area (Å²) in [5.41, 5.74) is 2.32. The molecule has 0 aromatic carbocycles. The van der Waals surface area contributed by atoms with Crippen LogP contribution in [0.4, 0.5) is 0 Å². The summed E-state index contributed by atoms with van der Waals surface area (Å²) in [5.74, 6) is 2.02. The molecule has 6 rings (SSSR count). The Morgan fingerprint density at radius 3 is 1.59 bits per heavy atom. The Balaban J connectivity index is 1.52. The van der Waals surface area contributed by atoms with Gasteiger partial charge in [0, 0.05) is 0 Å². The molecule has 0 aliphatic carbocycles. The topological polar surface area (TPSA) is 34.6 Å². The average molecular weight is 477 g/mol. The molecule has 0 saturated carbocycles. The number of pyridine rings is 2. The van der Waals surface area contributed by atoms with Gasteiger partial charge in [0.1, 0.15) is 0 Å². The Labute approximate surface area is 181 Å². The van der Waals surface area contributed by atoms with E-state index in [9.17, 15) is 0 Å². The van der Waals surface area contributed by atoms with E-state index in [4.69, 9.17) is 9.97 Å². The van der Waals surface area contributed by atoms with Crippen LogP contribution in [0, 0.1) is 0 Å². The molecule has 140 valence electrons. The molecule has 0 aliphatic rings. The monoisotopic (exact) mass is 478 g/mol. The first-order chi connectivity index (χ1) is 14.4. The summed E-state index contributed by atoms with van der Waals surface area (Å²) in [6.45, 7) is 0. The molecule has 0 saturated heterocycles. The number of fused-ring (bicyclic) bond motifs is 2. The Morgan fingerprint density at radius 1 is 0.621 bits per heavy atom. The SMILES string of the molecule is c1csc(-c2nc([Se]c3nc(-c4cccs4)n4ccccc34)c3ccccn23)c1. The first-order valence-corrected chi connectivity index (χ1v) is 12.6. The number of hydrogen-bond acceptors (Lipinski definition) is 4. The van der Waals surface area contributed by atoms with Crippen molar-refractivity contribution in [1.82, 2.24) is 18.8 Å². The van der Waals surface area contributed by atoms with Gasteiger partial charge in [-0.15, -0.1) is 0 Å². The molecule has 0 unspecified atom stereocenters. The van der Waals surface area contributed by atoms with E-state index in [0.717, 1.165) is 31.9 Å². The van der Waals surface area contributed by atoms with E-state index in [2.05, 4.69) is 92.6 Å². The Bertz CT molecular complexity index is 1320. The fourth-order valence-corrected chi connectivity index (χ4v) is 6.92. The van der Waals surface area contributed by atoms with Crippen molar-refractivity contribution in [1.29, 1.82) is 0 Å². The van der Waals surface area contributed by atoms with Crippen LogP contribution in [0.3, 0.4) is 0 Å². The normalized spacial score (nSPS) is 11.6. The molecule has 6 aromatic rings. The number of nitrogens with zero attached hydrogens (tertiary/aromatic N) is 4. The molecule has 0 spiro atoms. The van der Waals surface area contributed by atoms with Crippen LogP contribution >= 0.6 is 22.7 Å². The van der Waals surface area contributed by atoms with E-state index in [1.165, 1.54) is 9.75 Å². The number of aromatic nitrogens is 4. The third-order valence-corrected chi connectivity index (χ3v) is 8.51. The van der Waals surface area contributed by atoms with E-state index in [0.29, 0.717) is 0 Å². The van der Waals surface area contributed by atoms with Crippen LogP contribution in [0.1, 0.15) is 0 Å². The zero-order chi connectivity index (χ0) is 19.2. The second-order valence-electron chi connectivity index (χ2n) is 6.45. The van der Waals surface area contributed by atoms with Crippen LogP contribution < -0.4 is 9.18 Å². The Kier molecular flexibility index (Phi) is 4.13. The summed E-state index contributed by atoms with van der Waals surface area (Å²) in [5, 5.41) is 4.20. The zero-order valence-corrected chi connectivity index (χ0v) is 18.4. The van der Waals surface area contributed by atoms with Crippen molar-refractivity contribution in [3.63, 3.8) is 0 Å². The molecule has 0 radical (unpaired) electrons. The van der Waals surface area contributed by atoms with Gasteiger partial charge in [-0.3, -0.25) is 0 Å². The number of thiophene rings is 2. The van der Waals surface area contributed by atoms with Gasteiger partial charge < -0.3 is 0 Å². The summed E-state index contributed by atoms with van der Waals surface area (Å²) in [4.78, 5) is 12.5. The van der Waals surface area contributed by atoms with E-state index in [1.54, 1.807) is 22.7 Å². The third-order valence-electron chi connectivity index (χ3n) is 4.71. The van der Waals surface area contributed by atoms with Crippen LogP contribution in [0.25, 0.3) is 32.4 Å². The van der Waals surface area contributed by atoms with E-state index >= 15 is 0 Å². The predicted octanol–water partition coefficient (Wildman–Crippen LogP) is 4.09. The first-order valence-electron chi connectivity index (χ1n) is 9.08. The summed E-state index contributed by atoms with van der Waals surface area (Å²) in [7, 11) is 0. The fraction of sp³-hybridized carbons (Fsp3) is 0. The van der Waals surface area contributed by atoms with Gasteiger partial charge in [0.2, 0.25) is 0 Å². The van der Waals surface area contributed by atoms with Crippen molar-refractivity contribution in [2.45, 2.75) is 0 Å². The van der Waals surface area contributed by atoms with Crippen molar-refractivity contribution < 1.29 is 0 Å². The molecule has 6 aromatic heterocycles. The maximum atomic E-state index is 5.06. The number of rotatable bonds is 4.